The molecule has 3 aromatic rings. The number of rotatable bonds is 4. The van der Waals surface area contributed by atoms with Gasteiger partial charge in [0.15, 0.2) is 0 Å². The Bertz CT molecular complexity index is 892. The summed E-state index contributed by atoms with van der Waals surface area (Å²) in [6.45, 7) is 10.1. The van der Waals surface area contributed by atoms with Crippen LogP contribution in [0.1, 0.15) is 24.5 Å². The van der Waals surface area contributed by atoms with E-state index in [0.29, 0.717) is 11.6 Å². The van der Waals surface area contributed by atoms with Crippen LogP contribution in [0.15, 0.2) is 96.0 Å². The normalized spacial score (nSPS) is 10.6. The third-order valence-electron chi connectivity index (χ3n) is 3.95. The molecular weight excluding hydrogens is 346 g/mol. The van der Waals surface area contributed by atoms with Crippen molar-refractivity contribution in [1.82, 2.24) is 0 Å². The molecule has 28 heavy (non-hydrogen) atoms. The number of phenolic OH excluding ortho intramolecular Hbond substituents is 1. The molecule has 0 saturated carbocycles. The fourth-order valence-corrected chi connectivity index (χ4v) is 2.28. The molecule has 0 spiro atoms. The van der Waals surface area contributed by atoms with Crippen LogP contribution in [0.5, 0.6) is 11.5 Å². The Morgan fingerprint density at radius 2 is 1.57 bits per heavy atom. The summed E-state index contributed by atoms with van der Waals surface area (Å²) in [5.74, 6) is 1.69. The lowest BCUT2D eigenvalue weighted by Crippen LogP contribution is -2.10. The molecule has 0 radical (unpaired) electrons. The third kappa shape index (κ3) is 7.12. The maximum atomic E-state index is 8.76. The minimum atomic E-state index is 0.329. The molecule has 0 aromatic heterocycles. The van der Waals surface area contributed by atoms with E-state index in [1.54, 1.807) is 12.1 Å². The largest absolute Gasteiger partial charge is 0.508 e. The summed E-state index contributed by atoms with van der Waals surface area (Å²) >= 11 is 0. The van der Waals surface area contributed by atoms with Crippen molar-refractivity contribution in [1.29, 1.82) is 0 Å². The quantitative estimate of drug-likeness (QED) is 0.405. The molecule has 144 valence electrons. The SMILES string of the molecule is C=C(CC)C(=Nc1ccccc1)Oc1cccc(C)c1.Cc1ccc(O)cc1. The Morgan fingerprint density at radius 1 is 0.893 bits per heavy atom. The number of nitrogens with zero attached hydrogens (tertiary/aromatic N) is 1. The molecule has 0 aliphatic carbocycles. The zero-order valence-corrected chi connectivity index (χ0v) is 16.7. The van der Waals surface area contributed by atoms with Crippen molar-refractivity contribution in [3.8, 4) is 11.5 Å². The first-order chi connectivity index (χ1) is 13.5. The van der Waals surface area contributed by atoms with Crippen LogP contribution in [0.25, 0.3) is 0 Å². The minimum Gasteiger partial charge on any atom is -0.508 e. The Kier molecular flexibility index (Phi) is 8.04. The number of aliphatic imine (C=N–C) groups is 1. The fourth-order valence-electron chi connectivity index (χ4n) is 2.28. The van der Waals surface area contributed by atoms with Gasteiger partial charge in [-0.15, -0.1) is 0 Å². The van der Waals surface area contributed by atoms with E-state index in [4.69, 9.17) is 9.84 Å². The van der Waals surface area contributed by atoms with E-state index in [9.17, 15) is 0 Å². The van der Waals surface area contributed by atoms with Gasteiger partial charge in [0.25, 0.3) is 0 Å². The van der Waals surface area contributed by atoms with E-state index in [-0.39, 0.29) is 0 Å². The number of hydrogen-bond donors (Lipinski definition) is 1. The zero-order chi connectivity index (χ0) is 20.4. The number of benzene rings is 3. The number of hydrogen-bond acceptors (Lipinski definition) is 3. The highest BCUT2D eigenvalue weighted by atomic mass is 16.5. The summed E-state index contributed by atoms with van der Waals surface area (Å²) in [7, 11) is 0. The van der Waals surface area contributed by atoms with Gasteiger partial charge < -0.3 is 9.84 Å². The van der Waals surface area contributed by atoms with E-state index in [1.807, 2.05) is 87.5 Å². The molecule has 3 heteroatoms. The molecule has 0 unspecified atom stereocenters. The van der Waals surface area contributed by atoms with Crippen molar-refractivity contribution >= 4 is 11.6 Å². The molecule has 0 atom stereocenters. The highest BCUT2D eigenvalue weighted by molar-refractivity contribution is 5.96. The van der Waals surface area contributed by atoms with Gasteiger partial charge in [0, 0.05) is 5.57 Å². The van der Waals surface area contributed by atoms with E-state index in [0.717, 1.165) is 29.0 Å². The predicted molar refractivity (Wildman–Crippen MR) is 118 cm³/mol. The summed E-state index contributed by atoms with van der Waals surface area (Å²) in [6, 6.07) is 24.8. The monoisotopic (exact) mass is 373 g/mol. The van der Waals surface area contributed by atoms with Crippen LogP contribution in [-0.2, 0) is 0 Å². The van der Waals surface area contributed by atoms with Crippen LogP contribution in [0.3, 0.4) is 0 Å². The fraction of sp³-hybridized carbons (Fsp3) is 0.160. The maximum Gasteiger partial charge on any atom is 0.222 e. The van der Waals surface area contributed by atoms with Gasteiger partial charge in [-0.25, -0.2) is 4.99 Å². The van der Waals surface area contributed by atoms with Crippen LogP contribution >= 0.6 is 0 Å². The van der Waals surface area contributed by atoms with Crippen molar-refractivity contribution in [2.75, 3.05) is 0 Å². The highest BCUT2D eigenvalue weighted by Crippen LogP contribution is 2.18. The van der Waals surface area contributed by atoms with Crippen molar-refractivity contribution in [3.05, 3.63) is 102 Å². The standard InChI is InChI=1S/C18H19NO.C7H8O/c1-4-15(3)18(19-16-10-6-5-7-11-16)20-17-12-8-9-14(2)13-17;1-6-2-4-7(8)5-3-6/h5-13H,3-4H2,1-2H3;2-5,8H,1H3. The van der Waals surface area contributed by atoms with Gasteiger partial charge in [0.1, 0.15) is 11.5 Å². The Morgan fingerprint density at radius 3 is 2.14 bits per heavy atom. The molecule has 3 nitrogen and oxygen atoms in total. The molecule has 0 aliphatic rings. The number of ether oxygens (including phenoxy) is 1. The molecular formula is C25H27NO2. The van der Waals surface area contributed by atoms with Crippen molar-refractivity contribution < 1.29 is 9.84 Å². The van der Waals surface area contributed by atoms with Gasteiger partial charge in [0.05, 0.1) is 5.69 Å². The number of phenols is 1. The summed E-state index contributed by atoms with van der Waals surface area (Å²) in [5, 5.41) is 8.76. The topological polar surface area (TPSA) is 41.8 Å². The van der Waals surface area contributed by atoms with Gasteiger partial charge in [-0.2, -0.15) is 0 Å². The number of aryl methyl sites for hydroxylation is 2. The lowest BCUT2D eigenvalue weighted by atomic mass is 10.2. The Hall–Kier alpha value is -3.33. The van der Waals surface area contributed by atoms with E-state index in [1.165, 1.54) is 5.56 Å². The molecule has 0 amide bonds. The highest BCUT2D eigenvalue weighted by Gasteiger charge is 2.07. The predicted octanol–water partition coefficient (Wildman–Crippen LogP) is 6.77. The van der Waals surface area contributed by atoms with Crippen molar-refractivity contribution in [3.63, 3.8) is 0 Å². The molecule has 1 N–H and O–H groups in total. The number of para-hydroxylation sites is 1. The van der Waals surface area contributed by atoms with Gasteiger partial charge in [-0.1, -0.05) is 61.5 Å². The lowest BCUT2D eigenvalue weighted by molar-refractivity contribution is 0.475. The second kappa shape index (κ2) is 10.7. The first kappa shape index (κ1) is 21.0. The van der Waals surface area contributed by atoms with Gasteiger partial charge >= 0.3 is 0 Å². The van der Waals surface area contributed by atoms with E-state index < -0.39 is 0 Å². The van der Waals surface area contributed by atoms with Gasteiger partial charge in [0.2, 0.25) is 5.90 Å². The zero-order valence-electron chi connectivity index (χ0n) is 16.7. The van der Waals surface area contributed by atoms with Crippen LogP contribution < -0.4 is 4.74 Å². The number of aromatic hydroxyl groups is 1. The Labute approximate surface area is 167 Å². The molecule has 0 saturated heterocycles. The van der Waals surface area contributed by atoms with Crippen LogP contribution in [0, 0.1) is 13.8 Å². The summed E-state index contributed by atoms with van der Waals surface area (Å²) in [5.41, 5.74) is 4.08. The van der Waals surface area contributed by atoms with Crippen LogP contribution in [0.2, 0.25) is 0 Å². The second-order valence-corrected chi connectivity index (χ2v) is 6.46. The molecule has 3 rings (SSSR count). The molecule has 0 heterocycles. The van der Waals surface area contributed by atoms with E-state index in [2.05, 4.69) is 11.6 Å². The Balaban J connectivity index is 0.000000292. The van der Waals surface area contributed by atoms with Crippen LogP contribution in [0.4, 0.5) is 5.69 Å². The maximum absolute atomic E-state index is 8.76. The summed E-state index contributed by atoms with van der Waals surface area (Å²) < 4.78 is 5.90. The molecule has 0 fully saturated rings. The van der Waals surface area contributed by atoms with Crippen LogP contribution in [-0.4, -0.2) is 11.0 Å². The minimum absolute atomic E-state index is 0.329. The van der Waals surface area contributed by atoms with Crippen molar-refractivity contribution in [2.45, 2.75) is 27.2 Å². The molecule has 3 aromatic carbocycles. The average molecular weight is 373 g/mol. The van der Waals surface area contributed by atoms with Gasteiger partial charge in [-0.05, 0) is 62.2 Å². The molecule has 0 aliphatic heterocycles. The average Bonchev–Trinajstić information content (AvgIpc) is 2.70. The summed E-state index contributed by atoms with van der Waals surface area (Å²) in [4.78, 5) is 4.55. The first-order valence-corrected chi connectivity index (χ1v) is 9.30. The smallest absolute Gasteiger partial charge is 0.222 e. The third-order valence-corrected chi connectivity index (χ3v) is 3.95. The summed E-state index contributed by atoms with van der Waals surface area (Å²) in [6.07, 6.45) is 0.803. The first-order valence-electron chi connectivity index (χ1n) is 9.30. The second-order valence-electron chi connectivity index (χ2n) is 6.46. The van der Waals surface area contributed by atoms with E-state index >= 15 is 0 Å². The molecule has 0 bridgehead atoms. The van der Waals surface area contributed by atoms with Gasteiger partial charge in [-0.3, -0.25) is 0 Å². The van der Waals surface area contributed by atoms with Crippen molar-refractivity contribution in [2.24, 2.45) is 4.99 Å². The lowest BCUT2D eigenvalue weighted by Gasteiger charge is -2.11.